The van der Waals surface area contributed by atoms with Gasteiger partial charge in [0.2, 0.25) is 0 Å². The molecule has 0 aromatic carbocycles. The molecule has 2 fully saturated rings. The van der Waals surface area contributed by atoms with Crippen LogP contribution in [-0.4, -0.2) is 59.2 Å². The molecule has 2 saturated heterocycles. The Morgan fingerprint density at radius 3 is 3.11 bits per heavy atom. The first-order valence-corrected chi connectivity index (χ1v) is 7.97. The minimum Gasteiger partial charge on any atom is -0.377 e. The highest BCUT2D eigenvalue weighted by atomic mass is 32.1. The third-order valence-electron chi connectivity index (χ3n) is 4.59. The Hall–Kier alpha value is -0.720. The predicted molar refractivity (Wildman–Crippen MR) is 78.5 cm³/mol. The molecule has 2 aliphatic rings. The molecule has 0 radical (unpaired) electrons. The molecule has 2 atom stereocenters. The van der Waals surface area contributed by atoms with Crippen LogP contribution >= 0.6 is 11.5 Å². The van der Waals surface area contributed by atoms with Gasteiger partial charge in [0.25, 0.3) is 0 Å². The summed E-state index contributed by atoms with van der Waals surface area (Å²) in [6, 6.07) is 0.808. The van der Waals surface area contributed by atoms with Crippen LogP contribution in [0.15, 0.2) is 0 Å². The molecule has 0 bridgehead atoms. The van der Waals surface area contributed by atoms with E-state index in [1.807, 2.05) is 7.05 Å². The Bertz CT molecular complexity index is 421. The van der Waals surface area contributed by atoms with Gasteiger partial charge in [-0.25, -0.2) is 0 Å². The molecular formula is C13H23N5S. The van der Waals surface area contributed by atoms with E-state index in [0.717, 1.165) is 29.2 Å². The van der Waals surface area contributed by atoms with E-state index in [1.54, 1.807) is 0 Å². The maximum Gasteiger partial charge on any atom is 0.134 e. The lowest BCUT2D eigenvalue weighted by molar-refractivity contribution is 0.0351. The largest absolute Gasteiger partial charge is 0.377 e. The number of hydrogen-bond donors (Lipinski definition) is 1. The molecule has 2 unspecified atom stereocenters. The van der Waals surface area contributed by atoms with Crippen molar-refractivity contribution in [2.75, 3.05) is 39.0 Å². The molecule has 3 rings (SSSR count). The van der Waals surface area contributed by atoms with Crippen LogP contribution in [0.25, 0.3) is 0 Å². The summed E-state index contributed by atoms with van der Waals surface area (Å²) in [5, 5.41) is 8.55. The van der Waals surface area contributed by atoms with E-state index in [1.165, 1.54) is 50.4 Å². The predicted octanol–water partition coefficient (Wildman–Crippen LogP) is 1.50. The summed E-state index contributed by atoms with van der Waals surface area (Å²) < 4.78 is 4.05. The summed E-state index contributed by atoms with van der Waals surface area (Å²) in [4.78, 5) is 5.12. The number of anilines is 1. The molecular weight excluding hydrogens is 258 g/mol. The first-order valence-electron chi connectivity index (χ1n) is 7.19. The van der Waals surface area contributed by atoms with E-state index in [-0.39, 0.29) is 0 Å². The molecule has 6 heteroatoms. The Morgan fingerprint density at radius 2 is 2.26 bits per heavy atom. The number of fused-ring (bicyclic) bond motifs is 1. The lowest BCUT2D eigenvalue weighted by Gasteiger charge is -2.45. The molecule has 0 saturated carbocycles. The topological polar surface area (TPSA) is 44.3 Å². The number of nitrogens with zero attached hydrogens (tertiary/aromatic N) is 4. The zero-order chi connectivity index (χ0) is 13.2. The maximum atomic E-state index is 4.25. The highest BCUT2D eigenvalue weighted by Gasteiger charge is 2.34. The molecule has 0 amide bonds. The van der Waals surface area contributed by atoms with Crippen molar-refractivity contribution in [3.05, 3.63) is 5.69 Å². The lowest BCUT2D eigenvalue weighted by atomic mass is 9.84. The van der Waals surface area contributed by atoms with Crippen molar-refractivity contribution >= 4 is 16.5 Å². The van der Waals surface area contributed by atoms with Crippen molar-refractivity contribution in [1.82, 2.24) is 19.4 Å². The zero-order valence-corrected chi connectivity index (χ0v) is 12.6. The van der Waals surface area contributed by atoms with Crippen molar-refractivity contribution in [2.45, 2.75) is 31.8 Å². The van der Waals surface area contributed by atoms with Crippen molar-refractivity contribution in [2.24, 2.45) is 5.92 Å². The highest BCUT2D eigenvalue weighted by molar-refractivity contribution is 7.10. The third kappa shape index (κ3) is 2.75. The van der Waals surface area contributed by atoms with Gasteiger partial charge >= 0.3 is 0 Å². The summed E-state index contributed by atoms with van der Waals surface area (Å²) >= 11 is 1.45. The fourth-order valence-electron chi connectivity index (χ4n) is 3.59. The van der Waals surface area contributed by atoms with Crippen LogP contribution in [0.3, 0.4) is 0 Å². The Morgan fingerprint density at radius 1 is 1.37 bits per heavy atom. The molecule has 19 heavy (non-hydrogen) atoms. The highest BCUT2D eigenvalue weighted by Crippen LogP contribution is 2.30. The average molecular weight is 281 g/mol. The van der Waals surface area contributed by atoms with Crippen molar-refractivity contribution in [3.8, 4) is 0 Å². The molecule has 106 valence electrons. The summed E-state index contributed by atoms with van der Waals surface area (Å²) in [5.74, 6) is 0.845. The monoisotopic (exact) mass is 281 g/mol. The van der Waals surface area contributed by atoms with Gasteiger partial charge in [0.1, 0.15) is 10.7 Å². The SMILES string of the molecule is CNc1snnc1CN1CCC2C(CCCN2C)C1. The first kappa shape index (κ1) is 13.3. The summed E-state index contributed by atoms with van der Waals surface area (Å²) in [7, 11) is 4.23. The molecule has 0 aliphatic carbocycles. The van der Waals surface area contributed by atoms with Crippen LogP contribution in [0.2, 0.25) is 0 Å². The van der Waals surface area contributed by atoms with Gasteiger partial charge in [-0.3, -0.25) is 4.90 Å². The number of likely N-dealkylation sites (tertiary alicyclic amines) is 2. The summed E-state index contributed by atoms with van der Waals surface area (Å²) in [6.07, 6.45) is 4.04. The number of hydrogen-bond acceptors (Lipinski definition) is 6. The van der Waals surface area contributed by atoms with Gasteiger partial charge in [0.05, 0.1) is 0 Å². The van der Waals surface area contributed by atoms with Gasteiger partial charge in [0, 0.05) is 44.3 Å². The lowest BCUT2D eigenvalue weighted by Crippen LogP contribution is -2.52. The smallest absolute Gasteiger partial charge is 0.134 e. The van der Waals surface area contributed by atoms with Crippen LogP contribution < -0.4 is 5.32 Å². The van der Waals surface area contributed by atoms with Crippen LogP contribution in [0, 0.1) is 5.92 Å². The summed E-state index contributed by atoms with van der Waals surface area (Å²) in [6.45, 7) is 4.63. The van der Waals surface area contributed by atoms with Gasteiger partial charge in [-0.2, -0.15) is 0 Å². The fourth-order valence-corrected chi connectivity index (χ4v) is 4.11. The molecule has 0 spiro atoms. The van der Waals surface area contributed by atoms with Crippen molar-refractivity contribution in [3.63, 3.8) is 0 Å². The Kier molecular flexibility index (Phi) is 4.00. The minimum absolute atomic E-state index is 0.808. The van der Waals surface area contributed by atoms with Crippen LogP contribution in [0.4, 0.5) is 5.00 Å². The number of aromatic nitrogens is 2. The van der Waals surface area contributed by atoms with Crippen LogP contribution in [0.1, 0.15) is 25.0 Å². The van der Waals surface area contributed by atoms with Gasteiger partial charge in [-0.15, -0.1) is 5.10 Å². The molecule has 5 nitrogen and oxygen atoms in total. The van der Waals surface area contributed by atoms with E-state index in [0.29, 0.717) is 0 Å². The maximum absolute atomic E-state index is 4.25. The second-order valence-corrected chi connectivity index (χ2v) is 6.53. The molecule has 2 aliphatic heterocycles. The van der Waals surface area contributed by atoms with Crippen molar-refractivity contribution < 1.29 is 0 Å². The van der Waals surface area contributed by atoms with E-state index in [9.17, 15) is 0 Å². The fraction of sp³-hybridized carbons (Fsp3) is 0.846. The molecule has 3 heterocycles. The van der Waals surface area contributed by atoms with E-state index < -0.39 is 0 Å². The summed E-state index contributed by atoms with van der Waals surface area (Å²) in [5.41, 5.74) is 1.11. The molecule has 1 aromatic heterocycles. The van der Waals surface area contributed by atoms with E-state index in [2.05, 4.69) is 31.8 Å². The van der Waals surface area contributed by atoms with Gasteiger partial charge in [-0.05, 0) is 38.8 Å². The van der Waals surface area contributed by atoms with E-state index >= 15 is 0 Å². The number of nitrogens with one attached hydrogen (secondary N) is 1. The molecule has 1 N–H and O–H groups in total. The second kappa shape index (κ2) is 5.73. The van der Waals surface area contributed by atoms with Gasteiger partial charge < -0.3 is 10.2 Å². The number of rotatable bonds is 3. The Balaban J connectivity index is 1.62. The Labute approximate surface area is 119 Å². The standard InChI is InChI=1S/C13H23N5S/c1-14-13-11(15-16-19-13)9-18-7-5-12-10(8-18)4-3-6-17(12)2/h10,12,14H,3-9H2,1-2H3. The average Bonchev–Trinajstić information content (AvgIpc) is 2.86. The van der Waals surface area contributed by atoms with Gasteiger partial charge in [0.15, 0.2) is 0 Å². The quantitative estimate of drug-likeness (QED) is 0.909. The first-order chi connectivity index (χ1) is 9.28. The van der Waals surface area contributed by atoms with E-state index in [4.69, 9.17) is 0 Å². The third-order valence-corrected chi connectivity index (χ3v) is 5.37. The van der Waals surface area contributed by atoms with Gasteiger partial charge in [-0.1, -0.05) is 4.49 Å². The number of piperidine rings is 2. The van der Waals surface area contributed by atoms with Crippen molar-refractivity contribution in [1.29, 1.82) is 0 Å². The second-order valence-electron chi connectivity index (χ2n) is 5.77. The minimum atomic E-state index is 0.808. The van der Waals surface area contributed by atoms with Crippen LogP contribution in [-0.2, 0) is 6.54 Å². The molecule has 1 aromatic rings. The normalized spacial score (nSPS) is 29.2. The van der Waals surface area contributed by atoms with Crippen LogP contribution in [0.5, 0.6) is 0 Å². The zero-order valence-electron chi connectivity index (χ0n) is 11.8.